The van der Waals surface area contributed by atoms with Crippen molar-refractivity contribution in [2.24, 2.45) is 5.16 Å². The van der Waals surface area contributed by atoms with Gasteiger partial charge in [-0.2, -0.15) is 13.2 Å². The monoisotopic (exact) mass is 403 g/mol. The van der Waals surface area contributed by atoms with E-state index in [4.69, 9.17) is 14.0 Å². The van der Waals surface area contributed by atoms with Crippen LogP contribution in [0.5, 0.6) is 5.75 Å². The van der Waals surface area contributed by atoms with Crippen LogP contribution in [0.25, 0.3) is 11.0 Å². The number of aryl methyl sites for hydroxylation is 1. The van der Waals surface area contributed by atoms with E-state index in [0.717, 1.165) is 23.1 Å². The van der Waals surface area contributed by atoms with Crippen molar-refractivity contribution >= 4 is 16.7 Å². The lowest BCUT2D eigenvalue weighted by Gasteiger charge is -2.11. The number of alkyl halides is 3. The van der Waals surface area contributed by atoms with Gasteiger partial charge in [0.15, 0.2) is 6.10 Å². The van der Waals surface area contributed by atoms with Crippen LogP contribution in [0.2, 0.25) is 0 Å². The Hall–Kier alpha value is -3.29. The van der Waals surface area contributed by atoms with Crippen LogP contribution in [0.4, 0.5) is 13.2 Å². The van der Waals surface area contributed by atoms with Crippen LogP contribution < -0.4 is 10.4 Å². The van der Waals surface area contributed by atoms with E-state index in [1.165, 1.54) is 18.2 Å². The second-order valence-electron chi connectivity index (χ2n) is 6.76. The van der Waals surface area contributed by atoms with Crippen molar-refractivity contribution in [3.05, 3.63) is 75.6 Å². The lowest BCUT2D eigenvalue weighted by molar-refractivity contribution is -0.137. The summed E-state index contributed by atoms with van der Waals surface area (Å²) in [6.45, 7) is 2.02. The minimum atomic E-state index is -4.37. The molecule has 0 N–H and O–H groups in total. The molecule has 0 spiro atoms. The summed E-state index contributed by atoms with van der Waals surface area (Å²) >= 11 is 0. The minimum absolute atomic E-state index is 0.190. The van der Waals surface area contributed by atoms with Crippen LogP contribution in [0, 0.1) is 6.92 Å². The Balaban J connectivity index is 1.39. The Kier molecular flexibility index (Phi) is 4.77. The van der Waals surface area contributed by atoms with Crippen LogP contribution in [0.1, 0.15) is 23.1 Å². The van der Waals surface area contributed by atoms with Gasteiger partial charge in [0, 0.05) is 23.9 Å². The minimum Gasteiger partial charge on any atom is -0.489 e. The highest BCUT2D eigenvalue weighted by Gasteiger charge is 2.30. The molecule has 1 aliphatic heterocycles. The molecule has 0 fully saturated rings. The van der Waals surface area contributed by atoms with Crippen LogP contribution in [0.15, 0.2) is 62.9 Å². The third kappa shape index (κ3) is 4.11. The number of hydrogen-bond donors (Lipinski definition) is 0. The molecule has 29 heavy (non-hydrogen) atoms. The average molecular weight is 403 g/mol. The predicted octanol–water partition coefficient (Wildman–Crippen LogP) is 4.69. The summed E-state index contributed by atoms with van der Waals surface area (Å²) in [4.78, 5) is 16.9. The van der Waals surface area contributed by atoms with E-state index in [0.29, 0.717) is 29.0 Å². The van der Waals surface area contributed by atoms with Gasteiger partial charge in [-0.05, 0) is 42.3 Å². The van der Waals surface area contributed by atoms with E-state index in [1.54, 1.807) is 12.1 Å². The molecule has 150 valence electrons. The lowest BCUT2D eigenvalue weighted by atomic mass is 10.0. The molecule has 0 radical (unpaired) electrons. The van der Waals surface area contributed by atoms with Crippen molar-refractivity contribution < 1.29 is 27.2 Å². The number of rotatable bonds is 4. The maximum absolute atomic E-state index is 12.7. The van der Waals surface area contributed by atoms with Crippen LogP contribution in [0.3, 0.4) is 0 Å². The Bertz CT molecular complexity index is 1130. The molecule has 1 aromatic heterocycles. The molecule has 5 nitrogen and oxygen atoms in total. The second-order valence-corrected chi connectivity index (χ2v) is 6.76. The number of fused-ring (bicyclic) bond motifs is 1. The number of ether oxygens (including phenoxy) is 1. The normalized spacial score (nSPS) is 16.6. The highest BCUT2D eigenvalue weighted by atomic mass is 19.4. The van der Waals surface area contributed by atoms with E-state index in [-0.39, 0.29) is 12.7 Å². The molecule has 8 heteroatoms. The lowest BCUT2D eigenvalue weighted by Crippen LogP contribution is -2.18. The molecule has 3 aromatic rings. The van der Waals surface area contributed by atoms with Gasteiger partial charge < -0.3 is 14.0 Å². The van der Waals surface area contributed by atoms with Crippen LogP contribution in [-0.2, 0) is 11.0 Å². The fraction of sp³-hybridized carbons (Fsp3) is 0.238. The summed E-state index contributed by atoms with van der Waals surface area (Å²) in [5.41, 5.74) is 1.24. The van der Waals surface area contributed by atoms with Crippen molar-refractivity contribution in [3.8, 4) is 5.75 Å². The molecule has 2 aromatic carbocycles. The largest absolute Gasteiger partial charge is 0.489 e. The summed E-state index contributed by atoms with van der Waals surface area (Å²) in [5, 5.41) is 4.78. The van der Waals surface area contributed by atoms with E-state index in [9.17, 15) is 18.0 Å². The van der Waals surface area contributed by atoms with Crippen molar-refractivity contribution in [3.63, 3.8) is 0 Å². The topological polar surface area (TPSA) is 61.0 Å². The molecule has 0 saturated heterocycles. The molecule has 0 saturated carbocycles. The molecule has 0 amide bonds. The van der Waals surface area contributed by atoms with Gasteiger partial charge in [-0.25, -0.2) is 4.79 Å². The van der Waals surface area contributed by atoms with Gasteiger partial charge in [-0.15, -0.1) is 0 Å². The Labute approximate surface area is 163 Å². The van der Waals surface area contributed by atoms with Crippen LogP contribution in [-0.4, -0.2) is 18.4 Å². The Morgan fingerprint density at radius 2 is 1.90 bits per heavy atom. The van der Waals surface area contributed by atoms with E-state index < -0.39 is 17.4 Å². The van der Waals surface area contributed by atoms with Gasteiger partial charge in [0.25, 0.3) is 0 Å². The second kappa shape index (κ2) is 7.27. The SMILES string of the molecule is Cc1cc(=O)oc2cc(OCC3CC(c4ccc(C(F)(F)F)cc4)=NO3)ccc12. The third-order valence-electron chi connectivity index (χ3n) is 4.64. The molecule has 1 aliphatic rings. The predicted molar refractivity (Wildman–Crippen MR) is 100 cm³/mol. The average Bonchev–Trinajstić information content (AvgIpc) is 3.14. The fourth-order valence-corrected chi connectivity index (χ4v) is 3.12. The van der Waals surface area contributed by atoms with Gasteiger partial charge >= 0.3 is 11.8 Å². The molecule has 2 heterocycles. The first-order valence-corrected chi connectivity index (χ1v) is 8.87. The highest BCUT2D eigenvalue weighted by molar-refractivity contribution is 6.01. The number of oxime groups is 1. The van der Waals surface area contributed by atoms with Crippen molar-refractivity contribution in [2.75, 3.05) is 6.61 Å². The number of nitrogens with zero attached hydrogens (tertiary/aromatic N) is 1. The summed E-state index contributed by atoms with van der Waals surface area (Å²) in [6, 6.07) is 11.4. The zero-order valence-electron chi connectivity index (χ0n) is 15.3. The van der Waals surface area contributed by atoms with Crippen molar-refractivity contribution in [2.45, 2.75) is 25.6 Å². The summed E-state index contributed by atoms with van der Waals surface area (Å²) < 4.78 is 48.9. The molecule has 4 rings (SSSR count). The van der Waals surface area contributed by atoms with Crippen molar-refractivity contribution in [1.29, 1.82) is 0 Å². The third-order valence-corrected chi connectivity index (χ3v) is 4.64. The number of halogens is 3. The van der Waals surface area contributed by atoms with E-state index in [2.05, 4.69) is 5.16 Å². The van der Waals surface area contributed by atoms with Gasteiger partial charge in [0.2, 0.25) is 0 Å². The number of hydrogen-bond acceptors (Lipinski definition) is 5. The molecule has 0 bridgehead atoms. The Morgan fingerprint density at radius 3 is 2.62 bits per heavy atom. The fourth-order valence-electron chi connectivity index (χ4n) is 3.12. The quantitative estimate of drug-likeness (QED) is 0.593. The first-order chi connectivity index (χ1) is 13.8. The van der Waals surface area contributed by atoms with Gasteiger partial charge in [-0.3, -0.25) is 0 Å². The smallest absolute Gasteiger partial charge is 0.416 e. The molecule has 1 unspecified atom stereocenters. The van der Waals surface area contributed by atoms with E-state index >= 15 is 0 Å². The van der Waals surface area contributed by atoms with E-state index in [1.807, 2.05) is 13.0 Å². The van der Waals surface area contributed by atoms with Gasteiger partial charge in [-0.1, -0.05) is 17.3 Å². The summed E-state index contributed by atoms with van der Waals surface area (Å²) in [5.74, 6) is 0.512. The zero-order valence-corrected chi connectivity index (χ0v) is 15.3. The maximum Gasteiger partial charge on any atom is 0.416 e. The standard InChI is InChI=1S/C21H16F3NO4/c1-12-8-20(26)28-19-10-15(6-7-17(12)19)27-11-16-9-18(25-29-16)13-2-4-14(5-3-13)21(22,23)24/h2-8,10,16H,9,11H2,1H3. The van der Waals surface area contributed by atoms with Gasteiger partial charge in [0.05, 0.1) is 11.3 Å². The summed E-state index contributed by atoms with van der Waals surface area (Å²) in [7, 11) is 0. The molecular formula is C21H16F3NO4. The highest BCUT2D eigenvalue weighted by Crippen LogP contribution is 2.30. The number of benzene rings is 2. The molecular weight excluding hydrogens is 387 g/mol. The first kappa shape index (κ1) is 19.0. The summed E-state index contributed by atoms with van der Waals surface area (Å²) in [6.07, 6.45) is -4.33. The molecule has 0 aliphatic carbocycles. The van der Waals surface area contributed by atoms with Gasteiger partial charge in [0.1, 0.15) is 17.9 Å². The van der Waals surface area contributed by atoms with Crippen molar-refractivity contribution in [1.82, 2.24) is 0 Å². The molecule has 1 atom stereocenters. The zero-order chi connectivity index (χ0) is 20.6. The van der Waals surface area contributed by atoms with Crippen LogP contribution >= 0.6 is 0 Å². The first-order valence-electron chi connectivity index (χ1n) is 8.87. The Morgan fingerprint density at radius 1 is 1.14 bits per heavy atom. The maximum atomic E-state index is 12.7.